The number of aliphatic hydroxyl groups is 1. The van der Waals surface area contributed by atoms with Crippen molar-refractivity contribution >= 4 is 16.8 Å². The standard InChI is InChI=1S/C27H24FN5O3/c1-2-33(14-19-12-30-23(15-34)21-13-31-32-26(19)21)27(35)18-9-22(28)25(24(10-18)36-20-6-7-20)17-5-3-4-16(8-17)11-29/h3-5,8-10,12-13,20,34H,2,6-7,14-15H2,1H3,(H,31,32). The van der Waals surface area contributed by atoms with Crippen LogP contribution in [0.3, 0.4) is 0 Å². The van der Waals surface area contributed by atoms with Crippen LogP contribution in [-0.2, 0) is 13.2 Å². The minimum absolute atomic E-state index is 0.0142. The SMILES string of the molecule is CCN(Cc1cnc(CO)c2cn[nH]c12)C(=O)c1cc(F)c(-c2cccc(C#N)c2)c(OC2CC2)c1. The second-order valence-electron chi connectivity index (χ2n) is 8.71. The molecule has 0 atom stereocenters. The van der Waals surface area contributed by atoms with Crippen LogP contribution in [0.4, 0.5) is 4.39 Å². The van der Waals surface area contributed by atoms with Crippen LogP contribution in [0.2, 0.25) is 0 Å². The van der Waals surface area contributed by atoms with Crippen molar-refractivity contribution in [2.45, 2.75) is 39.0 Å². The smallest absolute Gasteiger partial charge is 0.254 e. The quantitative estimate of drug-likeness (QED) is 0.384. The van der Waals surface area contributed by atoms with Crippen LogP contribution in [-0.4, -0.2) is 43.7 Å². The van der Waals surface area contributed by atoms with E-state index in [1.165, 1.54) is 6.07 Å². The number of hydrogen-bond donors (Lipinski definition) is 2. The first-order valence-corrected chi connectivity index (χ1v) is 11.7. The molecule has 0 bridgehead atoms. The van der Waals surface area contributed by atoms with E-state index in [1.807, 2.05) is 6.92 Å². The van der Waals surface area contributed by atoms with E-state index < -0.39 is 5.82 Å². The minimum Gasteiger partial charge on any atom is -0.490 e. The Kier molecular flexibility index (Phi) is 6.36. The molecule has 1 fully saturated rings. The van der Waals surface area contributed by atoms with Gasteiger partial charge in [-0.25, -0.2) is 4.39 Å². The van der Waals surface area contributed by atoms with Crippen LogP contribution >= 0.6 is 0 Å². The molecule has 2 heterocycles. The first kappa shape index (κ1) is 23.5. The maximum absolute atomic E-state index is 15.5. The van der Waals surface area contributed by atoms with Crippen LogP contribution in [0, 0.1) is 17.1 Å². The number of halogens is 1. The zero-order valence-corrected chi connectivity index (χ0v) is 19.7. The van der Waals surface area contributed by atoms with E-state index in [9.17, 15) is 15.2 Å². The Hall–Kier alpha value is -4.29. The molecule has 1 aliphatic rings. The third-order valence-corrected chi connectivity index (χ3v) is 6.23. The summed E-state index contributed by atoms with van der Waals surface area (Å²) in [5, 5.41) is 26.4. The number of nitrogens with one attached hydrogen (secondary N) is 1. The molecule has 5 rings (SSSR count). The van der Waals surface area contributed by atoms with Crippen molar-refractivity contribution in [1.29, 1.82) is 5.26 Å². The maximum atomic E-state index is 15.5. The van der Waals surface area contributed by atoms with Crippen molar-refractivity contribution in [3.63, 3.8) is 0 Å². The number of aromatic nitrogens is 3. The Morgan fingerprint density at radius 2 is 2.14 bits per heavy atom. The van der Waals surface area contributed by atoms with E-state index in [0.29, 0.717) is 34.3 Å². The zero-order valence-electron chi connectivity index (χ0n) is 19.7. The second-order valence-corrected chi connectivity index (χ2v) is 8.71. The molecule has 2 aromatic heterocycles. The Labute approximate surface area is 207 Å². The molecular formula is C27H24FN5O3. The molecular weight excluding hydrogens is 461 g/mol. The Morgan fingerprint density at radius 3 is 2.86 bits per heavy atom. The van der Waals surface area contributed by atoms with Gasteiger partial charge in [-0.2, -0.15) is 10.4 Å². The molecule has 36 heavy (non-hydrogen) atoms. The average Bonchev–Trinajstić information content (AvgIpc) is 3.57. The first-order valence-electron chi connectivity index (χ1n) is 11.7. The minimum atomic E-state index is -0.590. The third-order valence-electron chi connectivity index (χ3n) is 6.23. The van der Waals surface area contributed by atoms with Crippen LogP contribution in [0.1, 0.15) is 46.9 Å². The van der Waals surface area contributed by atoms with Gasteiger partial charge in [0.05, 0.1) is 47.3 Å². The van der Waals surface area contributed by atoms with Gasteiger partial charge in [-0.1, -0.05) is 12.1 Å². The highest BCUT2D eigenvalue weighted by molar-refractivity contribution is 5.96. The molecule has 1 aliphatic carbocycles. The van der Waals surface area contributed by atoms with Gasteiger partial charge in [0.25, 0.3) is 5.91 Å². The fourth-order valence-electron chi connectivity index (χ4n) is 4.19. The van der Waals surface area contributed by atoms with E-state index in [4.69, 9.17) is 4.74 Å². The number of nitriles is 1. The van der Waals surface area contributed by atoms with Crippen LogP contribution in [0.25, 0.3) is 22.0 Å². The summed E-state index contributed by atoms with van der Waals surface area (Å²) in [5.41, 5.74) is 3.26. The van der Waals surface area contributed by atoms with Gasteiger partial charge in [0, 0.05) is 35.8 Å². The number of fused-ring (bicyclic) bond motifs is 1. The van der Waals surface area contributed by atoms with Crippen LogP contribution < -0.4 is 4.74 Å². The molecule has 9 heteroatoms. The monoisotopic (exact) mass is 485 g/mol. The van der Waals surface area contributed by atoms with Gasteiger partial charge in [-0.05, 0) is 49.6 Å². The van der Waals surface area contributed by atoms with Gasteiger partial charge in [0.15, 0.2) is 0 Å². The molecule has 0 unspecified atom stereocenters. The molecule has 4 aromatic rings. The number of benzene rings is 2. The first-order chi connectivity index (χ1) is 17.5. The molecule has 0 spiro atoms. The Balaban J connectivity index is 1.50. The van der Waals surface area contributed by atoms with Crippen LogP contribution in [0.5, 0.6) is 5.75 Å². The predicted octanol–water partition coefficient (Wildman–Crippen LogP) is 4.33. The number of amides is 1. The summed E-state index contributed by atoms with van der Waals surface area (Å²) >= 11 is 0. The molecule has 2 aromatic carbocycles. The van der Waals surface area contributed by atoms with Gasteiger partial charge in [0.1, 0.15) is 11.6 Å². The maximum Gasteiger partial charge on any atom is 0.254 e. The number of pyridine rings is 1. The number of rotatable bonds is 8. The van der Waals surface area contributed by atoms with Gasteiger partial charge in [0.2, 0.25) is 0 Å². The van der Waals surface area contributed by atoms with E-state index in [1.54, 1.807) is 47.6 Å². The van der Waals surface area contributed by atoms with Gasteiger partial charge < -0.3 is 14.7 Å². The fourth-order valence-corrected chi connectivity index (χ4v) is 4.19. The summed E-state index contributed by atoms with van der Waals surface area (Å²) < 4.78 is 21.5. The molecule has 2 N–H and O–H groups in total. The molecule has 1 amide bonds. The van der Waals surface area contributed by atoms with E-state index >= 15 is 4.39 Å². The average molecular weight is 486 g/mol. The van der Waals surface area contributed by atoms with Crippen molar-refractivity contribution < 1.29 is 19.0 Å². The highest BCUT2D eigenvalue weighted by atomic mass is 19.1. The fraction of sp³-hybridized carbons (Fsp3) is 0.259. The number of hydrogen-bond acceptors (Lipinski definition) is 6. The molecule has 182 valence electrons. The number of aliphatic hydroxyl groups excluding tert-OH is 1. The van der Waals surface area contributed by atoms with E-state index in [0.717, 1.165) is 18.4 Å². The van der Waals surface area contributed by atoms with Crippen molar-refractivity contribution in [1.82, 2.24) is 20.1 Å². The molecule has 0 aliphatic heterocycles. The van der Waals surface area contributed by atoms with Crippen molar-refractivity contribution in [2.24, 2.45) is 0 Å². The predicted molar refractivity (Wildman–Crippen MR) is 130 cm³/mol. The van der Waals surface area contributed by atoms with Gasteiger partial charge in [-0.15, -0.1) is 0 Å². The number of carbonyl (C=O) groups excluding carboxylic acids is 1. The third kappa shape index (κ3) is 4.51. The second kappa shape index (κ2) is 9.76. The summed E-state index contributed by atoms with van der Waals surface area (Å²) in [6.45, 7) is 2.22. The Morgan fingerprint density at radius 1 is 1.31 bits per heavy atom. The highest BCUT2D eigenvalue weighted by Crippen LogP contribution is 2.38. The van der Waals surface area contributed by atoms with Crippen molar-refractivity contribution in [2.75, 3.05) is 6.54 Å². The number of ether oxygens (including phenoxy) is 1. The largest absolute Gasteiger partial charge is 0.490 e. The lowest BCUT2D eigenvalue weighted by atomic mass is 9.99. The van der Waals surface area contributed by atoms with Crippen LogP contribution in [0.15, 0.2) is 48.8 Å². The van der Waals surface area contributed by atoms with Crippen molar-refractivity contribution in [3.05, 3.63) is 77.0 Å². The molecule has 8 nitrogen and oxygen atoms in total. The molecule has 1 saturated carbocycles. The number of H-pyrrole nitrogens is 1. The highest BCUT2D eigenvalue weighted by Gasteiger charge is 2.28. The summed E-state index contributed by atoms with van der Waals surface area (Å²) in [6, 6.07) is 11.5. The summed E-state index contributed by atoms with van der Waals surface area (Å²) in [6.07, 6.45) is 4.92. The lowest BCUT2D eigenvalue weighted by Gasteiger charge is -2.22. The summed E-state index contributed by atoms with van der Waals surface area (Å²) in [4.78, 5) is 19.4. The number of nitrogens with zero attached hydrogens (tertiary/aromatic N) is 4. The van der Waals surface area contributed by atoms with Gasteiger partial charge in [-0.3, -0.25) is 14.9 Å². The molecule has 0 radical (unpaired) electrons. The van der Waals surface area contributed by atoms with E-state index in [-0.39, 0.29) is 42.0 Å². The summed E-state index contributed by atoms with van der Waals surface area (Å²) in [5.74, 6) is -0.655. The normalized spacial score (nSPS) is 12.9. The number of aromatic amines is 1. The lowest BCUT2D eigenvalue weighted by molar-refractivity contribution is 0.0752. The van der Waals surface area contributed by atoms with Gasteiger partial charge >= 0.3 is 0 Å². The Bertz CT molecular complexity index is 1490. The summed E-state index contributed by atoms with van der Waals surface area (Å²) in [7, 11) is 0. The van der Waals surface area contributed by atoms with E-state index in [2.05, 4.69) is 21.3 Å². The van der Waals surface area contributed by atoms with Crippen molar-refractivity contribution in [3.8, 4) is 22.9 Å². The number of carbonyl (C=O) groups is 1. The lowest BCUT2D eigenvalue weighted by Crippen LogP contribution is -2.30. The topological polar surface area (TPSA) is 115 Å². The molecule has 0 saturated heterocycles. The zero-order chi connectivity index (χ0) is 25.2.